The molecule has 0 heterocycles. The Hall–Kier alpha value is -0.790. The van der Waals surface area contributed by atoms with Crippen molar-refractivity contribution in [1.29, 1.82) is 0 Å². The number of ether oxygens (including phenoxy) is 2. The van der Waals surface area contributed by atoms with Crippen LogP contribution in [0.5, 0.6) is 0 Å². The smallest absolute Gasteiger partial charge is 0.306 e. The zero-order chi connectivity index (χ0) is 36.6. The van der Waals surface area contributed by atoms with E-state index in [1.807, 2.05) is 11.8 Å². The SMILES string of the molecule is CCCCCCCCC(CCCCCCCC)OC(=O)CCCCCCCN(CCO)CCCCCOC(=O)CCCSCCCCCCC. The van der Waals surface area contributed by atoms with Gasteiger partial charge in [0.2, 0.25) is 0 Å². The Balaban J connectivity index is 3.95. The lowest BCUT2D eigenvalue weighted by Crippen LogP contribution is -2.29. The Morgan fingerprint density at radius 3 is 1.56 bits per heavy atom. The Morgan fingerprint density at radius 1 is 0.520 bits per heavy atom. The molecule has 0 aliphatic heterocycles. The minimum atomic E-state index is -0.0523. The fourth-order valence-electron chi connectivity index (χ4n) is 6.52. The lowest BCUT2D eigenvalue weighted by molar-refractivity contribution is -0.150. The van der Waals surface area contributed by atoms with E-state index in [9.17, 15) is 14.7 Å². The van der Waals surface area contributed by atoms with Gasteiger partial charge in [0.05, 0.1) is 13.2 Å². The molecule has 50 heavy (non-hydrogen) atoms. The van der Waals surface area contributed by atoms with Crippen LogP contribution in [0, 0.1) is 0 Å². The summed E-state index contributed by atoms with van der Waals surface area (Å²) in [6.07, 6.45) is 34.6. The first-order chi connectivity index (χ1) is 24.6. The number of unbranched alkanes of at least 4 members (excludes halogenated alkanes) is 20. The fourth-order valence-corrected chi connectivity index (χ4v) is 7.49. The van der Waals surface area contributed by atoms with Gasteiger partial charge >= 0.3 is 11.9 Å². The molecule has 0 saturated heterocycles. The van der Waals surface area contributed by atoms with Crippen molar-refractivity contribution in [3.8, 4) is 0 Å². The van der Waals surface area contributed by atoms with Crippen LogP contribution in [0.3, 0.4) is 0 Å². The molecule has 0 fully saturated rings. The Labute approximate surface area is 315 Å². The van der Waals surface area contributed by atoms with Crippen molar-refractivity contribution in [2.45, 2.75) is 219 Å². The largest absolute Gasteiger partial charge is 0.466 e. The molecular formula is C43H85NO5S. The van der Waals surface area contributed by atoms with Crippen LogP contribution in [0.1, 0.15) is 213 Å². The summed E-state index contributed by atoms with van der Waals surface area (Å²) in [6, 6.07) is 0. The quantitative estimate of drug-likeness (QED) is 0.0496. The van der Waals surface area contributed by atoms with Gasteiger partial charge in [-0.1, -0.05) is 130 Å². The molecule has 0 aromatic rings. The predicted molar refractivity (Wildman–Crippen MR) is 217 cm³/mol. The normalized spacial score (nSPS) is 11.6. The van der Waals surface area contributed by atoms with Crippen LogP contribution in [0.15, 0.2) is 0 Å². The van der Waals surface area contributed by atoms with Gasteiger partial charge in [-0.3, -0.25) is 9.59 Å². The molecule has 0 spiro atoms. The third-order valence-electron chi connectivity index (χ3n) is 9.77. The van der Waals surface area contributed by atoms with Crippen LogP contribution in [0.2, 0.25) is 0 Å². The van der Waals surface area contributed by atoms with E-state index in [4.69, 9.17) is 9.47 Å². The van der Waals surface area contributed by atoms with E-state index in [1.54, 1.807) is 0 Å². The topological polar surface area (TPSA) is 76.1 Å². The molecule has 0 radical (unpaired) electrons. The van der Waals surface area contributed by atoms with Gasteiger partial charge in [0.15, 0.2) is 0 Å². The molecule has 0 bridgehead atoms. The lowest BCUT2D eigenvalue weighted by atomic mass is 10.0. The zero-order valence-electron chi connectivity index (χ0n) is 33.7. The summed E-state index contributed by atoms with van der Waals surface area (Å²) >= 11 is 1.97. The summed E-state index contributed by atoms with van der Waals surface area (Å²) in [6.45, 7) is 10.2. The molecule has 0 aromatic carbocycles. The molecule has 0 amide bonds. The number of nitrogens with zero attached hydrogens (tertiary/aromatic N) is 1. The second-order valence-electron chi connectivity index (χ2n) is 14.7. The first-order valence-electron chi connectivity index (χ1n) is 21.8. The van der Waals surface area contributed by atoms with Gasteiger partial charge < -0.3 is 19.5 Å². The number of esters is 2. The second-order valence-corrected chi connectivity index (χ2v) is 15.9. The van der Waals surface area contributed by atoms with Crippen LogP contribution >= 0.6 is 11.8 Å². The molecule has 6 nitrogen and oxygen atoms in total. The van der Waals surface area contributed by atoms with Crippen molar-refractivity contribution in [2.75, 3.05) is 44.4 Å². The molecule has 0 aliphatic carbocycles. The number of aliphatic hydroxyl groups excluding tert-OH is 1. The molecule has 0 aliphatic rings. The average molecular weight is 728 g/mol. The van der Waals surface area contributed by atoms with E-state index in [1.165, 1.54) is 115 Å². The molecule has 1 N–H and O–H groups in total. The number of hydrogen-bond donors (Lipinski definition) is 1. The van der Waals surface area contributed by atoms with E-state index in [0.29, 0.717) is 19.4 Å². The Morgan fingerprint density at radius 2 is 0.980 bits per heavy atom. The number of thioether (sulfide) groups is 1. The number of rotatable bonds is 41. The van der Waals surface area contributed by atoms with Gasteiger partial charge in [-0.05, 0) is 95.2 Å². The van der Waals surface area contributed by atoms with E-state index >= 15 is 0 Å². The maximum absolute atomic E-state index is 12.7. The first kappa shape index (κ1) is 49.2. The van der Waals surface area contributed by atoms with E-state index in [0.717, 1.165) is 96.0 Å². The molecule has 0 rings (SSSR count). The number of carbonyl (C=O) groups excluding carboxylic acids is 2. The highest BCUT2D eigenvalue weighted by atomic mass is 32.2. The van der Waals surface area contributed by atoms with E-state index < -0.39 is 0 Å². The highest BCUT2D eigenvalue weighted by Crippen LogP contribution is 2.18. The van der Waals surface area contributed by atoms with Gasteiger partial charge in [0.1, 0.15) is 6.10 Å². The molecule has 0 atom stereocenters. The summed E-state index contributed by atoms with van der Waals surface area (Å²) in [4.78, 5) is 27.0. The van der Waals surface area contributed by atoms with Crippen LogP contribution in [0.4, 0.5) is 0 Å². The van der Waals surface area contributed by atoms with Crippen LogP contribution in [0.25, 0.3) is 0 Å². The molecule has 0 saturated carbocycles. The molecule has 0 aromatic heterocycles. The second kappa shape index (κ2) is 41.0. The van der Waals surface area contributed by atoms with Crippen molar-refractivity contribution in [3.05, 3.63) is 0 Å². The third kappa shape index (κ3) is 37.0. The maximum Gasteiger partial charge on any atom is 0.306 e. The van der Waals surface area contributed by atoms with E-state index in [2.05, 4.69) is 25.7 Å². The van der Waals surface area contributed by atoms with Gasteiger partial charge in [0.25, 0.3) is 0 Å². The number of aliphatic hydroxyl groups is 1. The minimum absolute atomic E-state index is 0.00811. The first-order valence-corrected chi connectivity index (χ1v) is 23.0. The minimum Gasteiger partial charge on any atom is -0.466 e. The van der Waals surface area contributed by atoms with E-state index in [-0.39, 0.29) is 24.6 Å². The van der Waals surface area contributed by atoms with Crippen LogP contribution in [-0.2, 0) is 19.1 Å². The van der Waals surface area contributed by atoms with Crippen molar-refractivity contribution in [3.63, 3.8) is 0 Å². The zero-order valence-corrected chi connectivity index (χ0v) is 34.5. The summed E-state index contributed by atoms with van der Waals surface area (Å²) in [5.74, 6) is 2.22. The molecule has 0 unspecified atom stereocenters. The van der Waals surface area contributed by atoms with Crippen molar-refractivity contribution >= 4 is 23.7 Å². The molecule has 7 heteroatoms. The average Bonchev–Trinajstić information content (AvgIpc) is 3.11. The highest BCUT2D eigenvalue weighted by Gasteiger charge is 2.14. The Bertz CT molecular complexity index is 693. The third-order valence-corrected chi connectivity index (χ3v) is 10.9. The predicted octanol–water partition coefficient (Wildman–Crippen LogP) is 12.2. The Kier molecular flexibility index (Phi) is 40.3. The molecular weight excluding hydrogens is 643 g/mol. The molecule has 298 valence electrons. The number of hydrogen-bond acceptors (Lipinski definition) is 7. The maximum atomic E-state index is 12.7. The lowest BCUT2D eigenvalue weighted by Gasteiger charge is -2.21. The summed E-state index contributed by atoms with van der Waals surface area (Å²) in [5, 5.41) is 9.53. The summed E-state index contributed by atoms with van der Waals surface area (Å²) < 4.78 is 11.5. The van der Waals surface area contributed by atoms with Crippen molar-refractivity contribution < 1.29 is 24.2 Å². The van der Waals surface area contributed by atoms with Gasteiger partial charge in [-0.25, -0.2) is 0 Å². The van der Waals surface area contributed by atoms with Crippen molar-refractivity contribution in [1.82, 2.24) is 4.90 Å². The van der Waals surface area contributed by atoms with Gasteiger partial charge in [0, 0.05) is 19.4 Å². The van der Waals surface area contributed by atoms with Crippen molar-refractivity contribution in [2.24, 2.45) is 0 Å². The summed E-state index contributed by atoms with van der Waals surface area (Å²) in [5.41, 5.74) is 0. The fraction of sp³-hybridized carbons (Fsp3) is 0.953. The summed E-state index contributed by atoms with van der Waals surface area (Å²) in [7, 11) is 0. The van der Waals surface area contributed by atoms with Crippen LogP contribution in [-0.4, -0.2) is 72.4 Å². The highest BCUT2D eigenvalue weighted by molar-refractivity contribution is 7.99. The van der Waals surface area contributed by atoms with Gasteiger partial charge in [-0.2, -0.15) is 11.8 Å². The van der Waals surface area contributed by atoms with Gasteiger partial charge in [-0.15, -0.1) is 0 Å². The number of carbonyl (C=O) groups is 2. The van der Waals surface area contributed by atoms with Crippen LogP contribution < -0.4 is 0 Å². The standard InChI is InChI=1S/C43H85NO5S/c1-4-7-10-13-16-22-30-41(31-23-17-14-11-8-5-2)49-43(47)32-24-18-15-19-25-34-44(36-37-45)35-26-21-27-38-48-42(46)33-29-40-50-39-28-20-12-9-6-3/h41,45H,4-40H2,1-3H3. The monoisotopic (exact) mass is 728 g/mol.